The van der Waals surface area contributed by atoms with Crippen LogP contribution in [0.2, 0.25) is 0 Å². The van der Waals surface area contributed by atoms with Crippen LogP contribution in [0, 0.1) is 6.92 Å². The lowest BCUT2D eigenvalue weighted by Gasteiger charge is -2.05. The summed E-state index contributed by atoms with van der Waals surface area (Å²) < 4.78 is 0. The number of anilines is 1. The van der Waals surface area contributed by atoms with Crippen LogP contribution in [-0.4, -0.2) is 16.2 Å². The van der Waals surface area contributed by atoms with Crippen molar-refractivity contribution in [2.45, 2.75) is 6.92 Å². The molecule has 0 atom stereocenters. The van der Waals surface area contributed by atoms with E-state index in [0.717, 1.165) is 22.4 Å². The average Bonchev–Trinajstić information content (AvgIpc) is 2.48. The van der Waals surface area contributed by atoms with Crippen molar-refractivity contribution in [1.29, 1.82) is 0 Å². The molecule has 0 aliphatic rings. The van der Waals surface area contributed by atoms with Crippen molar-refractivity contribution in [2.75, 3.05) is 5.43 Å². The molecule has 3 aromatic rings. The zero-order valence-electron chi connectivity index (χ0n) is 11.1. The highest BCUT2D eigenvalue weighted by Crippen LogP contribution is 2.19. The van der Waals surface area contributed by atoms with Crippen molar-refractivity contribution in [2.24, 2.45) is 5.10 Å². The first-order chi connectivity index (χ1) is 9.83. The molecular formula is C16H14N4. The molecule has 1 N–H and O–H groups in total. The van der Waals surface area contributed by atoms with Gasteiger partial charge in [0.25, 0.3) is 0 Å². The maximum absolute atomic E-state index is 4.52. The molecule has 0 unspecified atom stereocenters. The van der Waals surface area contributed by atoms with Gasteiger partial charge >= 0.3 is 0 Å². The Balaban J connectivity index is 1.83. The number of nitrogens with zero attached hydrogens (tertiary/aromatic N) is 3. The molecule has 98 valence electrons. The summed E-state index contributed by atoms with van der Waals surface area (Å²) in [5.74, 6) is 0.730. The highest BCUT2D eigenvalue weighted by molar-refractivity contribution is 5.84. The minimum Gasteiger partial charge on any atom is -0.261 e. The lowest BCUT2D eigenvalue weighted by Crippen LogP contribution is -1.96. The number of rotatable bonds is 3. The molecular weight excluding hydrogens is 248 g/mol. The number of aryl methyl sites for hydroxylation is 1. The molecule has 4 heteroatoms. The number of fused-ring (bicyclic) bond motifs is 1. The molecule has 1 aromatic carbocycles. The normalized spacial score (nSPS) is 11.1. The molecule has 2 aromatic heterocycles. The number of para-hydroxylation sites is 1. The van der Waals surface area contributed by atoms with Gasteiger partial charge in [-0.25, -0.2) is 4.98 Å². The third-order valence-corrected chi connectivity index (χ3v) is 2.99. The van der Waals surface area contributed by atoms with E-state index in [2.05, 4.69) is 33.5 Å². The van der Waals surface area contributed by atoms with Gasteiger partial charge in [-0.2, -0.15) is 5.10 Å². The molecule has 4 nitrogen and oxygen atoms in total. The van der Waals surface area contributed by atoms with Gasteiger partial charge in [0.2, 0.25) is 0 Å². The highest BCUT2D eigenvalue weighted by atomic mass is 15.3. The molecule has 0 spiro atoms. The minimum atomic E-state index is 0.730. The summed E-state index contributed by atoms with van der Waals surface area (Å²) in [5, 5.41) is 5.32. The van der Waals surface area contributed by atoms with Crippen molar-refractivity contribution in [3.05, 3.63) is 66.0 Å². The van der Waals surface area contributed by atoms with Crippen molar-refractivity contribution in [3.63, 3.8) is 0 Å². The smallest absolute Gasteiger partial charge is 0.147 e. The number of hydrogen-bond donors (Lipinski definition) is 1. The molecule has 3 rings (SSSR count). The maximum Gasteiger partial charge on any atom is 0.147 e. The van der Waals surface area contributed by atoms with E-state index < -0.39 is 0 Å². The Morgan fingerprint density at radius 2 is 1.95 bits per heavy atom. The number of hydrogen-bond acceptors (Lipinski definition) is 4. The molecule has 2 heterocycles. The minimum absolute atomic E-state index is 0.730. The molecule has 0 fully saturated rings. The summed E-state index contributed by atoms with van der Waals surface area (Å²) in [7, 11) is 0. The largest absolute Gasteiger partial charge is 0.261 e. The molecule has 0 aliphatic carbocycles. The fourth-order valence-corrected chi connectivity index (χ4v) is 2.02. The predicted molar refractivity (Wildman–Crippen MR) is 81.9 cm³/mol. The van der Waals surface area contributed by atoms with Gasteiger partial charge in [0.15, 0.2) is 0 Å². The lowest BCUT2D eigenvalue weighted by molar-refractivity contribution is 1.24. The fraction of sp³-hybridized carbons (Fsp3) is 0.0625. The van der Waals surface area contributed by atoms with Crippen molar-refractivity contribution in [3.8, 4) is 0 Å². The van der Waals surface area contributed by atoms with E-state index in [4.69, 9.17) is 0 Å². The van der Waals surface area contributed by atoms with E-state index in [0.29, 0.717) is 0 Å². The van der Waals surface area contributed by atoms with Crippen molar-refractivity contribution < 1.29 is 0 Å². The highest BCUT2D eigenvalue weighted by Gasteiger charge is 2.00. The van der Waals surface area contributed by atoms with Gasteiger partial charge in [-0.15, -0.1) is 0 Å². The monoisotopic (exact) mass is 262 g/mol. The zero-order valence-corrected chi connectivity index (χ0v) is 11.1. The number of hydrazone groups is 1. The van der Waals surface area contributed by atoms with Gasteiger partial charge in [0.1, 0.15) is 5.82 Å². The van der Waals surface area contributed by atoms with E-state index in [1.807, 2.05) is 42.5 Å². The fourth-order valence-electron chi connectivity index (χ4n) is 2.02. The first-order valence-electron chi connectivity index (χ1n) is 6.39. The van der Waals surface area contributed by atoms with Crippen LogP contribution in [0.1, 0.15) is 11.3 Å². The second-order valence-corrected chi connectivity index (χ2v) is 4.47. The first-order valence-corrected chi connectivity index (χ1v) is 6.39. The summed E-state index contributed by atoms with van der Waals surface area (Å²) in [6, 6.07) is 15.7. The van der Waals surface area contributed by atoms with Crippen LogP contribution in [-0.2, 0) is 0 Å². The molecule has 0 saturated heterocycles. The molecule has 20 heavy (non-hydrogen) atoms. The second-order valence-electron chi connectivity index (χ2n) is 4.47. The van der Waals surface area contributed by atoms with Crippen molar-refractivity contribution in [1.82, 2.24) is 9.97 Å². The summed E-state index contributed by atoms with van der Waals surface area (Å²) in [6.45, 7) is 2.07. The van der Waals surface area contributed by atoms with Gasteiger partial charge in [-0.1, -0.05) is 24.3 Å². The standard InChI is InChI=1S/C16H14N4/c1-12-10-16(19-15-8-3-2-7-14(12)15)20-18-11-13-6-4-5-9-17-13/h2-11H,1H3,(H,19,20)/b18-11+. The Morgan fingerprint density at radius 1 is 1.10 bits per heavy atom. The first kappa shape index (κ1) is 12.3. The van der Waals surface area contributed by atoms with E-state index in [1.165, 1.54) is 5.56 Å². The number of benzene rings is 1. The predicted octanol–water partition coefficient (Wildman–Crippen LogP) is 3.38. The Morgan fingerprint density at radius 3 is 2.80 bits per heavy atom. The van der Waals surface area contributed by atoms with Gasteiger partial charge in [0.05, 0.1) is 17.4 Å². The van der Waals surface area contributed by atoms with Gasteiger partial charge in [-0.3, -0.25) is 10.4 Å². The summed E-state index contributed by atoms with van der Waals surface area (Å²) in [4.78, 5) is 8.69. The van der Waals surface area contributed by atoms with Crippen LogP contribution in [0.15, 0.2) is 59.8 Å². The summed E-state index contributed by atoms with van der Waals surface area (Å²) in [5.41, 5.74) is 5.88. The molecule has 0 saturated carbocycles. The number of pyridine rings is 2. The van der Waals surface area contributed by atoms with Crippen LogP contribution >= 0.6 is 0 Å². The van der Waals surface area contributed by atoms with Crippen LogP contribution < -0.4 is 5.43 Å². The van der Waals surface area contributed by atoms with E-state index in [-0.39, 0.29) is 0 Å². The number of nitrogens with one attached hydrogen (secondary N) is 1. The van der Waals surface area contributed by atoms with Crippen LogP contribution in [0.3, 0.4) is 0 Å². The van der Waals surface area contributed by atoms with Gasteiger partial charge < -0.3 is 0 Å². The molecule has 0 aliphatic heterocycles. The molecule has 0 radical (unpaired) electrons. The molecule has 0 amide bonds. The van der Waals surface area contributed by atoms with E-state index >= 15 is 0 Å². The summed E-state index contributed by atoms with van der Waals surface area (Å²) in [6.07, 6.45) is 3.41. The second kappa shape index (κ2) is 5.48. The Bertz CT molecular complexity index is 751. The average molecular weight is 262 g/mol. The van der Waals surface area contributed by atoms with E-state index in [1.54, 1.807) is 12.4 Å². The topological polar surface area (TPSA) is 50.2 Å². The maximum atomic E-state index is 4.52. The Kier molecular flexibility index (Phi) is 3.37. The third-order valence-electron chi connectivity index (χ3n) is 2.99. The zero-order chi connectivity index (χ0) is 13.8. The van der Waals surface area contributed by atoms with Crippen LogP contribution in [0.4, 0.5) is 5.82 Å². The molecule has 0 bridgehead atoms. The van der Waals surface area contributed by atoms with Gasteiger partial charge in [-0.05, 0) is 36.8 Å². The quantitative estimate of drug-likeness (QED) is 0.581. The lowest BCUT2D eigenvalue weighted by atomic mass is 10.1. The summed E-state index contributed by atoms with van der Waals surface area (Å²) >= 11 is 0. The Hall–Kier alpha value is -2.75. The Labute approximate surface area is 117 Å². The van der Waals surface area contributed by atoms with E-state index in [9.17, 15) is 0 Å². The third kappa shape index (κ3) is 2.64. The van der Waals surface area contributed by atoms with Gasteiger partial charge in [0, 0.05) is 11.6 Å². The SMILES string of the molecule is Cc1cc(N/N=C/c2ccccn2)nc2ccccc12. The van der Waals surface area contributed by atoms with Crippen LogP contribution in [0.25, 0.3) is 10.9 Å². The van der Waals surface area contributed by atoms with Crippen molar-refractivity contribution >= 4 is 22.9 Å². The number of aromatic nitrogens is 2. The van der Waals surface area contributed by atoms with Crippen LogP contribution in [0.5, 0.6) is 0 Å².